The van der Waals surface area contributed by atoms with Crippen LogP contribution in [0, 0.1) is 0 Å². The lowest BCUT2D eigenvalue weighted by molar-refractivity contribution is 0.636. The summed E-state index contributed by atoms with van der Waals surface area (Å²) < 4.78 is 0. The van der Waals surface area contributed by atoms with E-state index in [1.165, 1.54) is 42.3 Å². The zero-order valence-corrected chi connectivity index (χ0v) is 9.22. The number of hydrogen-bond acceptors (Lipinski definition) is 0. The number of aromatic amines is 1. The molecule has 1 heteroatoms. The van der Waals surface area contributed by atoms with Gasteiger partial charge in [0.15, 0.2) is 0 Å². The topological polar surface area (TPSA) is 15.8 Å². The van der Waals surface area contributed by atoms with E-state index in [4.69, 9.17) is 0 Å². The summed E-state index contributed by atoms with van der Waals surface area (Å²) in [5, 5.41) is 1.45. The van der Waals surface area contributed by atoms with Gasteiger partial charge in [-0.2, -0.15) is 0 Å². The van der Waals surface area contributed by atoms with E-state index in [0.29, 0.717) is 0 Å². The standard InChI is InChI=1S/C14H17N/c1-10-6-2-4-9-13-14(10)11-7-3-5-8-12(11)15-13/h3,5,7-8,10,15H,2,4,6,9H2,1H3. The van der Waals surface area contributed by atoms with E-state index < -0.39 is 0 Å². The Kier molecular flexibility index (Phi) is 2.05. The van der Waals surface area contributed by atoms with Gasteiger partial charge >= 0.3 is 0 Å². The summed E-state index contributed by atoms with van der Waals surface area (Å²) in [6, 6.07) is 8.71. The number of rotatable bonds is 0. The van der Waals surface area contributed by atoms with Gasteiger partial charge in [0, 0.05) is 16.6 Å². The van der Waals surface area contributed by atoms with Crippen LogP contribution in [0.2, 0.25) is 0 Å². The smallest absolute Gasteiger partial charge is 0.0459 e. The van der Waals surface area contributed by atoms with Crippen LogP contribution in [0.25, 0.3) is 10.9 Å². The highest BCUT2D eigenvalue weighted by Gasteiger charge is 2.19. The Morgan fingerprint density at radius 1 is 1.20 bits per heavy atom. The minimum Gasteiger partial charge on any atom is -0.358 e. The molecule has 1 aliphatic carbocycles. The fourth-order valence-corrected chi connectivity index (χ4v) is 2.88. The molecule has 1 aromatic heterocycles. The molecular weight excluding hydrogens is 182 g/mol. The van der Waals surface area contributed by atoms with Gasteiger partial charge in [0.25, 0.3) is 0 Å². The first kappa shape index (κ1) is 9.02. The highest BCUT2D eigenvalue weighted by Crippen LogP contribution is 2.35. The zero-order valence-electron chi connectivity index (χ0n) is 9.22. The number of H-pyrrole nitrogens is 1. The first-order chi connectivity index (χ1) is 7.36. The Morgan fingerprint density at radius 3 is 3.00 bits per heavy atom. The summed E-state index contributed by atoms with van der Waals surface area (Å²) in [7, 11) is 0. The third kappa shape index (κ3) is 1.38. The van der Waals surface area contributed by atoms with Crippen molar-refractivity contribution in [3.8, 4) is 0 Å². The second-order valence-corrected chi connectivity index (χ2v) is 4.71. The Morgan fingerprint density at radius 2 is 2.07 bits per heavy atom. The average molecular weight is 199 g/mol. The van der Waals surface area contributed by atoms with Crippen LogP contribution in [0.1, 0.15) is 43.4 Å². The van der Waals surface area contributed by atoms with E-state index in [1.807, 2.05) is 0 Å². The molecule has 3 rings (SSSR count). The molecule has 0 aliphatic heterocycles. The highest BCUT2D eigenvalue weighted by molar-refractivity contribution is 5.85. The molecule has 0 fully saturated rings. The molecule has 1 atom stereocenters. The molecule has 1 unspecified atom stereocenters. The van der Waals surface area contributed by atoms with Gasteiger partial charge in [-0.1, -0.05) is 31.5 Å². The van der Waals surface area contributed by atoms with Crippen molar-refractivity contribution in [1.82, 2.24) is 4.98 Å². The summed E-state index contributed by atoms with van der Waals surface area (Å²) in [6.07, 6.45) is 5.28. The van der Waals surface area contributed by atoms with Gasteiger partial charge in [-0.3, -0.25) is 0 Å². The minimum absolute atomic E-state index is 0.721. The third-order valence-corrected chi connectivity index (χ3v) is 3.63. The molecule has 1 nitrogen and oxygen atoms in total. The van der Waals surface area contributed by atoms with E-state index in [0.717, 1.165) is 5.92 Å². The second kappa shape index (κ2) is 3.41. The molecule has 15 heavy (non-hydrogen) atoms. The van der Waals surface area contributed by atoms with E-state index in [2.05, 4.69) is 36.2 Å². The van der Waals surface area contributed by atoms with Crippen LogP contribution in [0.3, 0.4) is 0 Å². The molecule has 1 aliphatic rings. The molecule has 1 aromatic carbocycles. The fraction of sp³-hybridized carbons (Fsp3) is 0.429. The van der Waals surface area contributed by atoms with E-state index >= 15 is 0 Å². The Balaban J connectivity index is 2.27. The van der Waals surface area contributed by atoms with Crippen molar-refractivity contribution in [2.24, 2.45) is 0 Å². The van der Waals surface area contributed by atoms with Crippen molar-refractivity contribution in [1.29, 1.82) is 0 Å². The molecule has 0 bridgehead atoms. The Bertz CT molecular complexity index is 481. The quantitative estimate of drug-likeness (QED) is 0.617. The number of para-hydroxylation sites is 1. The summed E-state index contributed by atoms with van der Waals surface area (Å²) in [5.41, 5.74) is 4.39. The molecule has 0 saturated heterocycles. The number of nitrogens with one attached hydrogen (secondary N) is 1. The molecule has 1 heterocycles. The largest absolute Gasteiger partial charge is 0.358 e. The lowest BCUT2D eigenvalue weighted by Gasteiger charge is -2.08. The van der Waals surface area contributed by atoms with Gasteiger partial charge in [0.1, 0.15) is 0 Å². The van der Waals surface area contributed by atoms with Crippen molar-refractivity contribution >= 4 is 10.9 Å². The Labute approximate surface area is 90.5 Å². The average Bonchev–Trinajstić information content (AvgIpc) is 2.53. The molecule has 0 spiro atoms. The minimum atomic E-state index is 0.721. The van der Waals surface area contributed by atoms with E-state index in [1.54, 1.807) is 5.56 Å². The normalized spacial score (nSPS) is 21.3. The maximum atomic E-state index is 3.59. The second-order valence-electron chi connectivity index (χ2n) is 4.71. The molecule has 0 saturated carbocycles. The fourth-order valence-electron chi connectivity index (χ4n) is 2.88. The summed E-state index contributed by atoms with van der Waals surface area (Å²) in [4.78, 5) is 3.59. The third-order valence-electron chi connectivity index (χ3n) is 3.63. The maximum Gasteiger partial charge on any atom is 0.0459 e. The SMILES string of the molecule is CC1CCCCc2[nH]c3ccccc3c21. The molecule has 1 N–H and O–H groups in total. The van der Waals surface area contributed by atoms with Crippen molar-refractivity contribution < 1.29 is 0 Å². The van der Waals surface area contributed by atoms with Crippen molar-refractivity contribution in [2.75, 3.05) is 0 Å². The van der Waals surface area contributed by atoms with Crippen LogP contribution >= 0.6 is 0 Å². The van der Waals surface area contributed by atoms with Crippen molar-refractivity contribution in [3.63, 3.8) is 0 Å². The monoisotopic (exact) mass is 199 g/mol. The highest BCUT2D eigenvalue weighted by atomic mass is 14.7. The van der Waals surface area contributed by atoms with Crippen LogP contribution in [0.15, 0.2) is 24.3 Å². The van der Waals surface area contributed by atoms with Gasteiger partial charge in [0.2, 0.25) is 0 Å². The molecule has 0 radical (unpaired) electrons. The summed E-state index contributed by atoms with van der Waals surface area (Å²) in [6.45, 7) is 2.37. The number of benzene rings is 1. The number of aryl methyl sites for hydroxylation is 1. The molecular formula is C14H17N. The number of hydrogen-bond donors (Lipinski definition) is 1. The van der Waals surface area contributed by atoms with Crippen LogP contribution < -0.4 is 0 Å². The van der Waals surface area contributed by atoms with Crippen LogP contribution in [0.4, 0.5) is 0 Å². The first-order valence-electron chi connectivity index (χ1n) is 5.96. The molecule has 2 aromatic rings. The van der Waals surface area contributed by atoms with Gasteiger partial charge in [-0.25, -0.2) is 0 Å². The van der Waals surface area contributed by atoms with Crippen molar-refractivity contribution in [3.05, 3.63) is 35.5 Å². The number of aromatic nitrogens is 1. The molecule has 78 valence electrons. The van der Waals surface area contributed by atoms with Gasteiger partial charge in [0.05, 0.1) is 0 Å². The van der Waals surface area contributed by atoms with Crippen LogP contribution in [-0.2, 0) is 6.42 Å². The molecule has 0 amide bonds. The summed E-state index contributed by atoms with van der Waals surface area (Å²) in [5.74, 6) is 0.721. The van der Waals surface area contributed by atoms with Gasteiger partial charge in [-0.15, -0.1) is 0 Å². The maximum absolute atomic E-state index is 3.59. The van der Waals surface area contributed by atoms with Gasteiger partial charge in [-0.05, 0) is 36.8 Å². The van der Waals surface area contributed by atoms with Crippen molar-refractivity contribution in [2.45, 2.75) is 38.5 Å². The first-order valence-corrected chi connectivity index (χ1v) is 5.96. The van der Waals surface area contributed by atoms with Gasteiger partial charge < -0.3 is 4.98 Å². The van der Waals surface area contributed by atoms with E-state index in [-0.39, 0.29) is 0 Å². The zero-order chi connectivity index (χ0) is 10.3. The van der Waals surface area contributed by atoms with Crippen LogP contribution in [0.5, 0.6) is 0 Å². The van der Waals surface area contributed by atoms with Crippen LogP contribution in [-0.4, -0.2) is 4.98 Å². The lowest BCUT2D eigenvalue weighted by atomic mass is 9.96. The van der Waals surface area contributed by atoms with E-state index in [9.17, 15) is 0 Å². The number of fused-ring (bicyclic) bond motifs is 3. The summed E-state index contributed by atoms with van der Waals surface area (Å²) >= 11 is 0. The predicted octanol–water partition coefficient (Wildman–Crippen LogP) is 4.00. The Hall–Kier alpha value is -1.24. The lowest BCUT2D eigenvalue weighted by Crippen LogP contribution is -1.92. The predicted molar refractivity (Wildman–Crippen MR) is 64.3 cm³/mol.